The average Bonchev–Trinajstić information content (AvgIpc) is 3.01. The lowest BCUT2D eigenvalue weighted by Crippen LogP contribution is -2.42. The maximum atomic E-state index is 12.2. The van der Waals surface area contributed by atoms with Crippen molar-refractivity contribution in [1.29, 1.82) is 0 Å². The van der Waals surface area contributed by atoms with Crippen LogP contribution in [0, 0.1) is 0 Å². The summed E-state index contributed by atoms with van der Waals surface area (Å²) in [6.07, 6.45) is 1.99. The average molecular weight is 312 g/mol. The minimum absolute atomic E-state index is 0.0247. The van der Waals surface area contributed by atoms with Gasteiger partial charge in [-0.05, 0) is 24.3 Å². The Bertz CT molecular complexity index is 430. The quantitative estimate of drug-likeness (QED) is 0.731. The molecule has 0 aliphatic carbocycles. The number of carbonyl (C=O) groups is 2. The van der Waals surface area contributed by atoms with Crippen molar-refractivity contribution in [3.8, 4) is 0 Å². The summed E-state index contributed by atoms with van der Waals surface area (Å²) < 4.78 is 0. The third-order valence-corrected chi connectivity index (χ3v) is 4.14. The number of amides is 2. The van der Waals surface area contributed by atoms with Gasteiger partial charge in [-0.15, -0.1) is 0 Å². The van der Waals surface area contributed by atoms with Crippen LogP contribution in [0.25, 0.3) is 0 Å². The van der Waals surface area contributed by atoms with Crippen LogP contribution in [-0.4, -0.2) is 47.6 Å². The standard InChI is InChI=1S/C15H24N2O3S/c1-3-13(4-2)17(8-9-18)14(19)5-7-16-15(20)12-6-10-21-11-12/h6,10-11,13,18H,3-5,7-9H2,1-2H3,(H,16,20). The van der Waals surface area contributed by atoms with Gasteiger partial charge >= 0.3 is 0 Å². The number of nitrogens with zero attached hydrogens (tertiary/aromatic N) is 1. The Balaban J connectivity index is 2.44. The fraction of sp³-hybridized carbons (Fsp3) is 0.600. The number of aliphatic hydroxyl groups is 1. The number of hydrogen-bond donors (Lipinski definition) is 2. The van der Waals surface area contributed by atoms with E-state index in [0.717, 1.165) is 12.8 Å². The van der Waals surface area contributed by atoms with Crippen molar-refractivity contribution in [2.24, 2.45) is 0 Å². The molecular formula is C15H24N2O3S. The maximum absolute atomic E-state index is 12.2. The minimum Gasteiger partial charge on any atom is -0.395 e. The smallest absolute Gasteiger partial charge is 0.252 e. The highest BCUT2D eigenvalue weighted by atomic mass is 32.1. The topological polar surface area (TPSA) is 69.6 Å². The molecule has 1 aromatic rings. The summed E-state index contributed by atoms with van der Waals surface area (Å²) in [6, 6.07) is 1.90. The van der Waals surface area contributed by atoms with Crippen molar-refractivity contribution in [3.63, 3.8) is 0 Å². The Morgan fingerprint density at radius 2 is 2.10 bits per heavy atom. The SMILES string of the molecule is CCC(CC)N(CCO)C(=O)CCNC(=O)c1ccsc1. The van der Waals surface area contributed by atoms with Gasteiger partial charge in [-0.25, -0.2) is 0 Å². The Labute approximate surface area is 130 Å². The molecule has 1 aromatic heterocycles. The van der Waals surface area contributed by atoms with Gasteiger partial charge < -0.3 is 15.3 Å². The first-order valence-electron chi connectivity index (χ1n) is 7.34. The van der Waals surface area contributed by atoms with E-state index >= 15 is 0 Å². The summed E-state index contributed by atoms with van der Waals surface area (Å²) in [7, 11) is 0. The molecule has 0 aromatic carbocycles. The van der Waals surface area contributed by atoms with E-state index in [1.54, 1.807) is 16.3 Å². The first-order chi connectivity index (χ1) is 10.1. The Morgan fingerprint density at radius 1 is 1.38 bits per heavy atom. The van der Waals surface area contributed by atoms with Crippen LogP contribution in [0.4, 0.5) is 0 Å². The van der Waals surface area contributed by atoms with Crippen molar-refractivity contribution < 1.29 is 14.7 Å². The second-order valence-corrected chi connectivity index (χ2v) is 5.58. The zero-order chi connectivity index (χ0) is 15.7. The van der Waals surface area contributed by atoms with Crippen molar-refractivity contribution in [1.82, 2.24) is 10.2 Å². The van der Waals surface area contributed by atoms with Crippen LogP contribution in [0.5, 0.6) is 0 Å². The molecule has 1 rings (SSSR count). The molecule has 5 nitrogen and oxygen atoms in total. The highest BCUT2D eigenvalue weighted by Crippen LogP contribution is 2.10. The molecule has 118 valence electrons. The third-order valence-electron chi connectivity index (χ3n) is 3.45. The molecule has 2 N–H and O–H groups in total. The fourth-order valence-electron chi connectivity index (χ4n) is 2.27. The highest BCUT2D eigenvalue weighted by Gasteiger charge is 2.20. The van der Waals surface area contributed by atoms with Crippen LogP contribution in [0.1, 0.15) is 43.5 Å². The molecule has 0 atom stereocenters. The van der Waals surface area contributed by atoms with Crippen LogP contribution < -0.4 is 5.32 Å². The van der Waals surface area contributed by atoms with E-state index in [9.17, 15) is 9.59 Å². The number of hydrogen-bond acceptors (Lipinski definition) is 4. The van der Waals surface area contributed by atoms with Gasteiger partial charge in [0.25, 0.3) is 5.91 Å². The van der Waals surface area contributed by atoms with Gasteiger partial charge in [0, 0.05) is 36.5 Å². The second kappa shape index (κ2) is 9.52. The first-order valence-corrected chi connectivity index (χ1v) is 8.29. The van der Waals surface area contributed by atoms with Gasteiger partial charge in [0.05, 0.1) is 6.61 Å². The molecule has 2 amide bonds. The maximum Gasteiger partial charge on any atom is 0.252 e. The molecule has 0 saturated carbocycles. The van der Waals surface area contributed by atoms with E-state index in [0.29, 0.717) is 18.7 Å². The van der Waals surface area contributed by atoms with Crippen molar-refractivity contribution in [3.05, 3.63) is 22.4 Å². The van der Waals surface area contributed by atoms with E-state index in [1.165, 1.54) is 11.3 Å². The third kappa shape index (κ3) is 5.47. The van der Waals surface area contributed by atoms with Gasteiger partial charge in [-0.2, -0.15) is 11.3 Å². The summed E-state index contributed by atoms with van der Waals surface area (Å²) in [5.41, 5.74) is 0.625. The summed E-state index contributed by atoms with van der Waals surface area (Å²) in [5, 5.41) is 15.5. The van der Waals surface area contributed by atoms with E-state index < -0.39 is 0 Å². The number of thiophene rings is 1. The summed E-state index contributed by atoms with van der Waals surface area (Å²) in [6.45, 7) is 4.69. The van der Waals surface area contributed by atoms with Crippen molar-refractivity contribution in [2.75, 3.05) is 19.7 Å². The molecule has 0 saturated heterocycles. The number of nitrogens with one attached hydrogen (secondary N) is 1. The zero-order valence-electron chi connectivity index (χ0n) is 12.7. The normalized spacial score (nSPS) is 10.7. The van der Waals surface area contributed by atoms with E-state index in [1.807, 2.05) is 19.2 Å². The molecule has 0 spiro atoms. The Hall–Kier alpha value is -1.40. The van der Waals surface area contributed by atoms with Gasteiger partial charge in [0.2, 0.25) is 5.91 Å². The molecule has 0 aliphatic heterocycles. The second-order valence-electron chi connectivity index (χ2n) is 4.80. The lowest BCUT2D eigenvalue weighted by Gasteiger charge is -2.30. The molecule has 0 unspecified atom stereocenters. The monoisotopic (exact) mass is 312 g/mol. The lowest BCUT2D eigenvalue weighted by molar-refractivity contribution is -0.134. The van der Waals surface area contributed by atoms with Crippen LogP contribution in [0.3, 0.4) is 0 Å². The molecule has 0 aliphatic rings. The zero-order valence-corrected chi connectivity index (χ0v) is 13.5. The fourth-order valence-corrected chi connectivity index (χ4v) is 2.91. The molecule has 0 radical (unpaired) electrons. The van der Waals surface area contributed by atoms with Crippen LogP contribution in [0.2, 0.25) is 0 Å². The van der Waals surface area contributed by atoms with Gasteiger partial charge in [0.15, 0.2) is 0 Å². The highest BCUT2D eigenvalue weighted by molar-refractivity contribution is 7.08. The molecule has 21 heavy (non-hydrogen) atoms. The Morgan fingerprint density at radius 3 is 2.62 bits per heavy atom. The van der Waals surface area contributed by atoms with E-state index in [4.69, 9.17) is 5.11 Å². The summed E-state index contributed by atoms with van der Waals surface area (Å²) in [5.74, 6) is -0.177. The largest absolute Gasteiger partial charge is 0.395 e. The Kier molecular flexibility index (Phi) is 8.00. The first kappa shape index (κ1) is 17.7. The van der Waals surface area contributed by atoms with Gasteiger partial charge in [-0.3, -0.25) is 9.59 Å². The van der Waals surface area contributed by atoms with E-state index in [-0.39, 0.29) is 30.9 Å². The number of aliphatic hydroxyl groups excluding tert-OH is 1. The van der Waals surface area contributed by atoms with Gasteiger partial charge in [0.1, 0.15) is 0 Å². The van der Waals surface area contributed by atoms with Crippen LogP contribution in [-0.2, 0) is 4.79 Å². The number of carbonyl (C=O) groups excluding carboxylic acids is 2. The number of rotatable bonds is 9. The molecule has 0 fully saturated rings. The minimum atomic E-state index is -0.153. The van der Waals surface area contributed by atoms with Crippen LogP contribution >= 0.6 is 11.3 Å². The van der Waals surface area contributed by atoms with Crippen molar-refractivity contribution in [2.45, 2.75) is 39.2 Å². The molecule has 0 bridgehead atoms. The predicted molar refractivity (Wildman–Crippen MR) is 84.4 cm³/mol. The molecule has 1 heterocycles. The predicted octanol–water partition coefficient (Wildman–Crippen LogP) is 1.88. The molecule has 6 heteroatoms. The summed E-state index contributed by atoms with van der Waals surface area (Å²) >= 11 is 1.47. The summed E-state index contributed by atoms with van der Waals surface area (Å²) in [4.78, 5) is 25.7. The van der Waals surface area contributed by atoms with Crippen LogP contribution in [0.15, 0.2) is 16.8 Å². The van der Waals surface area contributed by atoms with E-state index in [2.05, 4.69) is 5.32 Å². The molecular weight excluding hydrogens is 288 g/mol. The lowest BCUT2D eigenvalue weighted by atomic mass is 10.1. The van der Waals surface area contributed by atoms with Gasteiger partial charge in [-0.1, -0.05) is 13.8 Å². The van der Waals surface area contributed by atoms with Crippen molar-refractivity contribution >= 4 is 23.2 Å².